The number of allylic oxidation sites excluding steroid dienone is 2. The van der Waals surface area contributed by atoms with Gasteiger partial charge in [0.25, 0.3) is 5.91 Å². The molecule has 176 valence electrons. The molecule has 1 aromatic carbocycles. The highest BCUT2D eigenvalue weighted by Gasteiger charge is 2.45. The molecule has 1 heterocycles. The largest absolute Gasteiger partial charge is 0.506 e. The number of amides is 1. The van der Waals surface area contributed by atoms with Gasteiger partial charge in [-0.3, -0.25) is 4.79 Å². The molecule has 1 atom stereocenters. The number of pyridine rings is 1. The number of nitrogens with two attached hydrogens (primary N) is 2. The van der Waals surface area contributed by atoms with E-state index in [0.29, 0.717) is 21.8 Å². The molecule has 0 saturated heterocycles. The number of halogens is 4. The molecule has 1 unspecified atom stereocenters. The van der Waals surface area contributed by atoms with Crippen LogP contribution >= 0.6 is 23.4 Å². The summed E-state index contributed by atoms with van der Waals surface area (Å²) < 4.78 is 41.9. The van der Waals surface area contributed by atoms with Crippen LogP contribution in [0.2, 0.25) is 5.02 Å². The van der Waals surface area contributed by atoms with Gasteiger partial charge in [-0.1, -0.05) is 36.0 Å². The summed E-state index contributed by atoms with van der Waals surface area (Å²) in [6.07, 6.45) is -4.28. The predicted molar refractivity (Wildman–Crippen MR) is 124 cm³/mol. The highest BCUT2D eigenvalue weighted by molar-refractivity contribution is 8.03. The molecule has 0 fully saturated rings. The van der Waals surface area contributed by atoms with Crippen LogP contribution < -0.4 is 11.5 Å². The molecular weight excluding hydrogens is 475 g/mol. The molecule has 3 rings (SSSR count). The number of aryl methyl sites for hydroxylation is 2. The van der Waals surface area contributed by atoms with E-state index in [0.717, 1.165) is 5.56 Å². The quantitative estimate of drug-likeness (QED) is 0.452. The zero-order valence-electron chi connectivity index (χ0n) is 18.2. The third-order valence-electron chi connectivity index (χ3n) is 5.55. The molecule has 2 aromatic rings. The number of aromatic hydroxyl groups is 1. The third kappa shape index (κ3) is 4.56. The molecule has 0 radical (unpaired) electrons. The van der Waals surface area contributed by atoms with Gasteiger partial charge in [0.05, 0.1) is 16.3 Å². The van der Waals surface area contributed by atoms with Crippen LogP contribution in [-0.4, -0.2) is 16.0 Å². The van der Waals surface area contributed by atoms with Gasteiger partial charge in [0.2, 0.25) is 0 Å². The first-order valence-corrected chi connectivity index (χ1v) is 11.2. The first kappa shape index (κ1) is 25.0. The number of benzene rings is 1. The number of carbonyl (C=O) groups is 1. The summed E-state index contributed by atoms with van der Waals surface area (Å²) in [5.41, 5.74) is 11.7. The molecule has 1 aliphatic carbocycles. The topological polar surface area (TPSA) is 102 Å². The summed E-state index contributed by atoms with van der Waals surface area (Å²) in [6, 6.07) is 3.17. The fourth-order valence-electron chi connectivity index (χ4n) is 4.14. The number of carbonyl (C=O) groups excluding carboxylic acids is 1. The molecule has 1 aliphatic rings. The molecule has 0 saturated carbocycles. The van der Waals surface area contributed by atoms with Crippen molar-refractivity contribution < 1.29 is 23.1 Å². The maximum absolute atomic E-state index is 14.0. The Kier molecular flexibility index (Phi) is 6.77. The zero-order valence-corrected chi connectivity index (χ0v) is 19.8. The standard InChI is InChI=1S/C23H23ClF3N3O2S/c1-9(2)33-20-11(4)30-21(23(25,26)27)16-15(20)13(19(28)17(16)22(29)32)7-6-12-10(3)5-8-14(31)18(12)24/h5,8,13,31H,1,6-7,28H2,2-4H3,(H2,29,32). The Hall–Kier alpha value is -2.65. The number of nitrogens with zero attached hydrogens (tertiary/aromatic N) is 1. The van der Waals surface area contributed by atoms with Gasteiger partial charge in [0.15, 0.2) is 5.69 Å². The van der Waals surface area contributed by atoms with Crippen molar-refractivity contribution in [3.63, 3.8) is 0 Å². The summed E-state index contributed by atoms with van der Waals surface area (Å²) in [4.78, 5) is 17.1. The molecular formula is C23H23ClF3N3O2S. The van der Waals surface area contributed by atoms with Crippen LogP contribution in [0.1, 0.15) is 52.9 Å². The molecule has 33 heavy (non-hydrogen) atoms. The SMILES string of the molecule is C=C(C)Sc1c(C)nc(C(F)(F)F)c2c1C(CCc1c(C)ccc(O)c1Cl)C(N)=C2C(N)=O. The van der Waals surface area contributed by atoms with Crippen molar-refractivity contribution in [1.29, 1.82) is 0 Å². The van der Waals surface area contributed by atoms with Crippen LogP contribution in [0.5, 0.6) is 5.75 Å². The number of alkyl halides is 3. The summed E-state index contributed by atoms with van der Waals surface area (Å²) >= 11 is 7.44. The Morgan fingerprint density at radius 3 is 2.52 bits per heavy atom. The van der Waals surface area contributed by atoms with Gasteiger partial charge < -0.3 is 16.6 Å². The minimum Gasteiger partial charge on any atom is -0.506 e. The van der Waals surface area contributed by atoms with Crippen LogP contribution in [0.3, 0.4) is 0 Å². The second kappa shape index (κ2) is 8.95. The summed E-state index contributed by atoms with van der Waals surface area (Å²) in [6.45, 7) is 8.86. The van der Waals surface area contributed by atoms with Gasteiger partial charge in [-0.2, -0.15) is 13.2 Å². The molecule has 0 aliphatic heterocycles. The van der Waals surface area contributed by atoms with Gasteiger partial charge in [-0.15, -0.1) is 0 Å². The number of phenolic OH excluding ortho intramolecular Hbond substituents is 1. The minimum atomic E-state index is -4.82. The predicted octanol–water partition coefficient (Wildman–Crippen LogP) is 5.59. The summed E-state index contributed by atoms with van der Waals surface area (Å²) in [5, 5.41) is 10.1. The second-order valence-corrected chi connectivity index (χ2v) is 9.63. The van der Waals surface area contributed by atoms with Crippen LogP contribution in [0.25, 0.3) is 5.57 Å². The lowest BCUT2D eigenvalue weighted by molar-refractivity contribution is -0.141. The number of thioether (sulfide) groups is 1. The van der Waals surface area contributed by atoms with Crippen molar-refractivity contribution in [2.45, 2.75) is 50.6 Å². The maximum atomic E-state index is 14.0. The molecule has 1 amide bonds. The van der Waals surface area contributed by atoms with Crippen LogP contribution in [0.15, 0.2) is 34.2 Å². The maximum Gasteiger partial charge on any atom is 0.433 e. The average Bonchev–Trinajstić information content (AvgIpc) is 2.98. The summed E-state index contributed by atoms with van der Waals surface area (Å²) in [7, 11) is 0. The number of phenols is 1. The number of rotatable bonds is 6. The van der Waals surface area contributed by atoms with Crippen molar-refractivity contribution in [2.75, 3.05) is 0 Å². The number of hydrogen-bond acceptors (Lipinski definition) is 5. The molecule has 1 aromatic heterocycles. The fraction of sp³-hybridized carbons (Fsp3) is 0.304. The van der Waals surface area contributed by atoms with E-state index in [4.69, 9.17) is 23.1 Å². The number of fused-ring (bicyclic) bond motifs is 1. The highest BCUT2D eigenvalue weighted by Crippen LogP contribution is 2.51. The first-order chi connectivity index (χ1) is 15.3. The Balaban J connectivity index is 2.25. The molecule has 0 spiro atoms. The lowest BCUT2D eigenvalue weighted by Gasteiger charge is -2.22. The second-order valence-electron chi connectivity index (χ2n) is 7.95. The van der Waals surface area contributed by atoms with Crippen LogP contribution in [0, 0.1) is 13.8 Å². The van der Waals surface area contributed by atoms with E-state index >= 15 is 0 Å². The van der Waals surface area contributed by atoms with E-state index in [9.17, 15) is 23.1 Å². The lowest BCUT2D eigenvalue weighted by Crippen LogP contribution is -2.20. The van der Waals surface area contributed by atoms with Crippen molar-refractivity contribution in [3.8, 4) is 5.75 Å². The van der Waals surface area contributed by atoms with Crippen LogP contribution in [0.4, 0.5) is 13.2 Å². The van der Waals surface area contributed by atoms with Crippen molar-refractivity contribution in [1.82, 2.24) is 4.98 Å². The van der Waals surface area contributed by atoms with E-state index in [-0.39, 0.29) is 45.3 Å². The van der Waals surface area contributed by atoms with Gasteiger partial charge >= 0.3 is 6.18 Å². The van der Waals surface area contributed by atoms with E-state index < -0.39 is 23.7 Å². The number of hydrogen-bond donors (Lipinski definition) is 3. The van der Waals surface area contributed by atoms with E-state index in [1.165, 1.54) is 24.8 Å². The fourth-order valence-corrected chi connectivity index (χ4v) is 5.35. The zero-order chi connectivity index (χ0) is 24.8. The van der Waals surface area contributed by atoms with E-state index in [1.54, 1.807) is 13.0 Å². The summed E-state index contributed by atoms with van der Waals surface area (Å²) in [5.74, 6) is -1.88. The Labute approximate surface area is 198 Å². The van der Waals surface area contributed by atoms with E-state index in [2.05, 4.69) is 11.6 Å². The average molecular weight is 498 g/mol. The van der Waals surface area contributed by atoms with Crippen molar-refractivity contribution in [2.24, 2.45) is 11.5 Å². The third-order valence-corrected chi connectivity index (χ3v) is 7.04. The van der Waals surface area contributed by atoms with Crippen molar-refractivity contribution >= 4 is 34.8 Å². The van der Waals surface area contributed by atoms with Crippen molar-refractivity contribution in [3.05, 3.63) is 68.0 Å². The monoisotopic (exact) mass is 497 g/mol. The van der Waals surface area contributed by atoms with E-state index in [1.807, 2.05) is 6.92 Å². The van der Waals surface area contributed by atoms with Gasteiger partial charge in [-0.25, -0.2) is 4.98 Å². The minimum absolute atomic E-state index is 0.0344. The van der Waals surface area contributed by atoms with Crippen LogP contribution in [-0.2, 0) is 17.4 Å². The smallest absolute Gasteiger partial charge is 0.433 e. The number of primary amides is 1. The highest BCUT2D eigenvalue weighted by atomic mass is 35.5. The molecule has 0 bridgehead atoms. The normalized spacial score (nSPS) is 15.7. The van der Waals surface area contributed by atoms with Gasteiger partial charge in [0.1, 0.15) is 5.75 Å². The first-order valence-electron chi connectivity index (χ1n) is 9.97. The van der Waals surface area contributed by atoms with Gasteiger partial charge in [-0.05, 0) is 61.3 Å². The molecule has 5 N–H and O–H groups in total. The Morgan fingerprint density at radius 2 is 1.97 bits per heavy atom. The van der Waals surface area contributed by atoms with Gasteiger partial charge in [0, 0.05) is 22.1 Å². The molecule has 10 heteroatoms. The number of aromatic nitrogens is 1. The lowest BCUT2D eigenvalue weighted by atomic mass is 9.90. The molecule has 5 nitrogen and oxygen atoms in total. The Bertz CT molecular complexity index is 1210. The Morgan fingerprint density at radius 1 is 1.33 bits per heavy atom.